The monoisotopic (exact) mass is 342 g/mol. The lowest BCUT2D eigenvalue weighted by Crippen LogP contribution is -2.47. The topological polar surface area (TPSA) is 50.6 Å². The van der Waals surface area contributed by atoms with E-state index >= 15 is 0 Å². The Balaban J connectivity index is 1.35. The van der Waals surface area contributed by atoms with Gasteiger partial charge in [0.15, 0.2) is 0 Å². The normalized spacial score (nSPS) is 24.9. The third-order valence-corrected chi connectivity index (χ3v) is 5.53. The Kier molecular flexibility index (Phi) is 4.72. The van der Waals surface area contributed by atoms with Crippen LogP contribution in [0.3, 0.4) is 0 Å². The second-order valence-corrected chi connectivity index (χ2v) is 7.17. The van der Waals surface area contributed by atoms with Crippen LogP contribution in [0.5, 0.6) is 0 Å². The predicted molar refractivity (Wildman–Crippen MR) is 96.3 cm³/mol. The summed E-state index contributed by atoms with van der Waals surface area (Å²) < 4.78 is 7.53. The molecule has 2 atom stereocenters. The SMILES string of the molecule is CC1CN(C(=O)CCn2cnc3ccccc32)CC1N1CCOCC1. The molecule has 0 bridgehead atoms. The van der Waals surface area contributed by atoms with Gasteiger partial charge in [-0.1, -0.05) is 19.1 Å². The van der Waals surface area contributed by atoms with Crippen LogP contribution < -0.4 is 0 Å². The van der Waals surface area contributed by atoms with Crippen molar-refractivity contribution in [3.8, 4) is 0 Å². The van der Waals surface area contributed by atoms with E-state index in [0.29, 0.717) is 24.9 Å². The van der Waals surface area contributed by atoms with Crippen molar-refractivity contribution in [1.82, 2.24) is 19.4 Å². The molecule has 1 aromatic heterocycles. The molecule has 2 aliphatic heterocycles. The molecule has 0 radical (unpaired) electrons. The zero-order valence-corrected chi connectivity index (χ0v) is 14.8. The van der Waals surface area contributed by atoms with E-state index in [9.17, 15) is 4.79 Å². The summed E-state index contributed by atoms with van der Waals surface area (Å²) in [6.45, 7) is 8.26. The number of imidazole rings is 1. The Morgan fingerprint density at radius 1 is 1.24 bits per heavy atom. The number of amides is 1. The first-order chi connectivity index (χ1) is 12.2. The fraction of sp³-hybridized carbons (Fsp3) is 0.579. The standard InChI is InChI=1S/C19H26N4O2/c1-15-12-23(13-18(15)21-8-10-25-11-9-21)19(24)6-7-22-14-20-16-4-2-3-5-17(16)22/h2-5,14-15,18H,6-13H2,1H3. The molecule has 0 spiro atoms. The van der Waals surface area contributed by atoms with E-state index < -0.39 is 0 Å². The van der Waals surface area contributed by atoms with Crippen LogP contribution in [0.15, 0.2) is 30.6 Å². The van der Waals surface area contributed by atoms with E-state index in [4.69, 9.17) is 4.74 Å². The smallest absolute Gasteiger partial charge is 0.224 e. The number of ether oxygens (including phenoxy) is 1. The molecule has 6 nitrogen and oxygen atoms in total. The van der Waals surface area contributed by atoms with Gasteiger partial charge >= 0.3 is 0 Å². The van der Waals surface area contributed by atoms with Crippen LogP contribution >= 0.6 is 0 Å². The van der Waals surface area contributed by atoms with Crippen molar-refractivity contribution in [2.45, 2.75) is 25.9 Å². The van der Waals surface area contributed by atoms with Gasteiger partial charge in [0.1, 0.15) is 0 Å². The minimum Gasteiger partial charge on any atom is -0.379 e. The molecule has 0 N–H and O–H groups in total. The van der Waals surface area contributed by atoms with Crippen molar-refractivity contribution in [1.29, 1.82) is 0 Å². The van der Waals surface area contributed by atoms with Gasteiger partial charge in [-0.15, -0.1) is 0 Å². The Morgan fingerprint density at radius 2 is 2.04 bits per heavy atom. The lowest BCUT2D eigenvalue weighted by Gasteiger charge is -2.34. The first-order valence-electron chi connectivity index (χ1n) is 9.22. The molecule has 2 aliphatic rings. The van der Waals surface area contributed by atoms with Crippen LogP contribution in [-0.4, -0.2) is 70.7 Å². The first-order valence-corrected chi connectivity index (χ1v) is 9.22. The fourth-order valence-corrected chi connectivity index (χ4v) is 4.10. The number of para-hydroxylation sites is 2. The molecular weight excluding hydrogens is 316 g/mol. The van der Waals surface area contributed by atoms with Gasteiger partial charge in [-0.3, -0.25) is 9.69 Å². The van der Waals surface area contributed by atoms with E-state index in [-0.39, 0.29) is 5.91 Å². The van der Waals surface area contributed by atoms with Crippen LogP contribution in [0.25, 0.3) is 11.0 Å². The average molecular weight is 342 g/mol. The molecule has 1 amide bonds. The van der Waals surface area contributed by atoms with Gasteiger partial charge in [-0.25, -0.2) is 4.98 Å². The minimum absolute atomic E-state index is 0.250. The highest BCUT2D eigenvalue weighted by Gasteiger charge is 2.36. The second kappa shape index (κ2) is 7.14. The molecule has 0 saturated carbocycles. The van der Waals surface area contributed by atoms with Crippen molar-refractivity contribution in [2.24, 2.45) is 5.92 Å². The third-order valence-electron chi connectivity index (χ3n) is 5.53. The summed E-state index contributed by atoms with van der Waals surface area (Å²) in [5.41, 5.74) is 2.08. The lowest BCUT2D eigenvalue weighted by molar-refractivity contribution is -0.130. The van der Waals surface area contributed by atoms with Gasteiger partial charge in [-0.05, 0) is 18.1 Å². The Bertz CT molecular complexity index is 738. The number of carbonyl (C=O) groups is 1. The van der Waals surface area contributed by atoms with Gasteiger partial charge in [-0.2, -0.15) is 0 Å². The number of morpholine rings is 1. The lowest BCUT2D eigenvalue weighted by atomic mass is 10.0. The number of rotatable bonds is 4. The summed E-state index contributed by atoms with van der Waals surface area (Å²) in [6.07, 6.45) is 2.37. The maximum absolute atomic E-state index is 12.7. The van der Waals surface area contributed by atoms with E-state index in [0.717, 1.165) is 50.4 Å². The molecule has 134 valence electrons. The summed E-state index contributed by atoms with van der Waals surface area (Å²) in [7, 11) is 0. The highest BCUT2D eigenvalue weighted by molar-refractivity contribution is 5.78. The van der Waals surface area contributed by atoms with Crippen LogP contribution in [0.2, 0.25) is 0 Å². The molecule has 2 unspecified atom stereocenters. The zero-order valence-electron chi connectivity index (χ0n) is 14.8. The number of fused-ring (bicyclic) bond motifs is 1. The van der Waals surface area contributed by atoms with E-state index in [1.54, 1.807) is 0 Å². The predicted octanol–water partition coefficient (Wildman–Crippen LogP) is 1.61. The van der Waals surface area contributed by atoms with Crippen LogP contribution in [0.1, 0.15) is 13.3 Å². The fourth-order valence-electron chi connectivity index (χ4n) is 4.10. The number of aryl methyl sites for hydroxylation is 1. The number of likely N-dealkylation sites (tertiary alicyclic amines) is 1. The van der Waals surface area contributed by atoms with E-state index in [1.807, 2.05) is 29.4 Å². The van der Waals surface area contributed by atoms with Crippen molar-refractivity contribution >= 4 is 16.9 Å². The second-order valence-electron chi connectivity index (χ2n) is 7.17. The maximum Gasteiger partial charge on any atom is 0.224 e. The molecule has 4 rings (SSSR count). The molecule has 1 aromatic carbocycles. The van der Waals surface area contributed by atoms with Crippen molar-refractivity contribution in [3.63, 3.8) is 0 Å². The number of hydrogen-bond donors (Lipinski definition) is 0. The third kappa shape index (κ3) is 3.41. The molecular formula is C19H26N4O2. The maximum atomic E-state index is 12.7. The Labute approximate surface area is 148 Å². The van der Waals surface area contributed by atoms with Gasteiger partial charge < -0.3 is 14.2 Å². The van der Waals surface area contributed by atoms with Crippen molar-refractivity contribution in [2.75, 3.05) is 39.4 Å². The summed E-state index contributed by atoms with van der Waals surface area (Å²) in [5.74, 6) is 0.775. The van der Waals surface area contributed by atoms with Crippen LogP contribution in [0, 0.1) is 5.92 Å². The van der Waals surface area contributed by atoms with Crippen LogP contribution in [0.4, 0.5) is 0 Å². The Morgan fingerprint density at radius 3 is 2.88 bits per heavy atom. The summed E-state index contributed by atoms with van der Waals surface area (Å²) >= 11 is 0. The Hall–Kier alpha value is -1.92. The molecule has 2 aromatic rings. The highest BCUT2D eigenvalue weighted by atomic mass is 16.5. The summed E-state index contributed by atoms with van der Waals surface area (Å²) in [5, 5.41) is 0. The summed E-state index contributed by atoms with van der Waals surface area (Å²) in [4.78, 5) is 21.6. The molecule has 25 heavy (non-hydrogen) atoms. The largest absolute Gasteiger partial charge is 0.379 e. The van der Waals surface area contributed by atoms with Gasteiger partial charge in [0, 0.05) is 45.2 Å². The van der Waals surface area contributed by atoms with Crippen molar-refractivity contribution in [3.05, 3.63) is 30.6 Å². The minimum atomic E-state index is 0.250. The molecule has 6 heteroatoms. The molecule has 0 aliphatic carbocycles. The number of benzene rings is 1. The molecule has 3 heterocycles. The number of carbonyl (C=O) groups excluding carboxylic acids is 1. The average Bonchev–Trinajstić information content (AvgIpc) is 3.24. The summed E-state index contributed by atoms with van der Waals surface area (Å²) in [6, 6.07) is 8.53. The number of nitrogens with zero attached hydrogens (tertiary/aromatic N) is 4. The molecule has 2 fully saturated rings. The highest BCUT2D eigenvalue weighted by Crippen LogP contribution is 2.23. The zero-order chi connectivity index (χ0) is 17.2. The number of aromatic nitrogens is 2. The number of hydrogen-bond acceptors (Lipinski definition) is 4. The molecule has 2 saturated heterocycles. The first kappa shape index (κ1) is 16.5. The van der Waals surface area contributed by atoms with Gasteiger partial charge in [0.25, 0.3) is 0 Å². The van der Waals surface area contributed by atoms with E-state index in [2.05, 4.69) is 27.4 Å². The van der Waals surface area contributed by atoms with E-state index in [1.165, 1.54) is 0 Å². The quantitative estimate of drug-likeness (QED) is 0.847. The van der Waals surface area contributed by atoms with Crippen LogP contribution in [-0.2, 0) is 16.1 Å². The van der Waals surface area contributed by atoms with Gasteiger partial charge in [0.05, 0.1) is 30.6 Å². The van der Waals surface area contributed by atoms with Gasteiger partial charge in [0.2, 0.25) is 5.91 Å². The van der Waals surface area contributed by atoms with Crippen molar-refractivity contribution < 1.29 is 9.53 Å².